The highest BCUT2D eigenvalue weighted by atomic mass is 32.2. The summed E-state index contributed by atoms with van der Waals surface area (Å²) < 4.78 is 1.94. The highest BCUT2D eigenvalue weighted by Gasteiger charge is 2.21. The Morgan fingerprint density at radius 1 is 1.47 bits per heavy atom. The van der Waals surface area contributed by atoms with Crippen LogP contribution in [0.25, 0.3) is 0 Å². The van der Waals surface area contributed by atoms with Crippen LogP contribution in [0.15, 0.2) is 5.16 Å². The second kappa shape index (κ2) is 6.02. The second-order valence-corrected chi connectivity index (χ2v) is 5.15. The lowest BCUT2D eigenvalue weighted by atomic mass is 10.3. The summed E-state index contributed by atoms with van der Waals surface area (Å²) >= 11 is 1.35. The number of primary amides is 1. The van der Waals surface area contributed by atoms with Crippen LogP contribution < -0.4 is 11.5 Å². The van der Waals surface area contributed by atoms with E-state index < -0.39 is 0 Å². The van der Waals surface area contributed by atoms with Crippen LogP contribution in [0.1, 0.15) is 39.1 Å². The Morgan fingerprint density at radius 2 is 2.12 bits per heavy atom. The Hall–Kier alpha value is -1.08. The Bertz CT molecular complexity index is 390. The third-order valence-corrected chi connectivity index (χ3v) is 3.71. The van der Waals surface area contributed by atoms with Gasteiger partial charge in [-0.2, -0.15) is 0 Å². The van der Waals surface area contributed by atoms with E-state index in [2.05, 4.69) is 10.2 Å². The summed E-state index contributed by atoms with van der Waals surface area (Å²) in [6.45, 7) is 6.30. The van der Waals surface area contributed by atoms with Crippen molar-refractivity contribution in [3.63, 3.8) is 0 Å². The number of thioether (sulfide) groups is 1. The number of aromatic nitrogens is 3. The first-order valence-electron chi connectivity index (χ1n) is 5.61. The maximum Gasteiger partial charge on any atom is 0.231 e. The molecule has 1 atom stereocenters. The Balaban J connectivity index is 2.98. The molecule has 0 aromatic carbocycles. The quantitative estimate of drug-likeness (QED) is 0.730. The molecular weight excluding hydrogens is 238 g/mol. The van der Waals surface area contributed by atoms with Gasteiger partial charge in [0.1, 0.15) is 5.82 Å². The van der Waals surface area contributed by atoms with Crippen LogP contribution in [0.2, 0.25) is 0 Å². The summed E-state index contributed by atoms with van der Waals surface area (Å²) in [4.78, 5) is 11.2. The van der Waals surface area contributed by atoms with Crippen molar-refractivity contribution in [2.24, 2.45) is 11.5 Å². The molecule has 1 heterocycles. The van der Waals surface area contributed by atoms with Gasteiger partial charge in [-0.25, -0.2) is 0 Å². The number of rotatable bonds is 6. The van der Waals surface area contributed by atoms with E-state index in [0.29, 0.717) is 18.1 Å². The van der Waals surface area contributed by atoms with Gasteiger partial charge in [0.05, 0.1) is 11.8 Å². The SMILES string of the molecule is CCC(Sc1nnc(CN)n1C(C)C)C(N)=O. The molecule has 0 radical (unpaired) electrons. The molecule has 1 aromatic heterocycles. The van der Waals surface area contributed by atoms with Crippen molar-refractivity contribution in [2.45, 2.75) is 50.2 Å². The summed E-state index contributed by atoms with van der Waals surface area (Å²) in [6, 6.07) is 0.205. The molecule has 0 aliphatic carbocycles. The average molecular weight is 257 g/mol. The lowest BCUT2D eigenvalue weighted by molar-refractivity contribution is -0.117. The molecule has 1 aromatic rings. The molecule has 6 nitrogen and oxygen atoms in total. The zero-order valence-electron chi connectivity index (χ0n) is 10.4. The number of carbonyl (C=O) groups excluding carboxylic acids is 1. The molecule has 7 heteroatoms. The highest BCUT2D eigenvalue weighted by molar-refractivity contribution is 8.00. The predicted octanol–water partition coefficient (Wildman–Crippen LogP) is 0.674. The van der Waals surface area contributed by atoms with E-state index in [4.69, 9.17) is 11.5 Å². The van der Waals surface area contributed by atoms with E-state index in [-0.39, 0.29) is 17.2 Å². The first kappa shape index (κ1) is 14.0. The van der Waals surface area contributed by atoms with Crippen LogP contribution in [-0.2, 0) is 11.3 Å². The summed E-state index contributed by atoms with van der Waals surface area (Å²) in [5.74, 6) is 0.395. The minimum atomic E-state index is -0.329. The van der Waals surface area contributed by atoms with Crippen molar-refractivity contribution in [3.05, 3.63) is 5.82 Å². The van der Waals surface area contributed by atoms with Gasteiger partial charge in [-0.05, 0) is 20.3 Å². The van der Waals surface area contributed by atoms with Gasteiger partial charge in [0, 0.05) is 6.04 Å². The Morgan fingerprint density at radius 3 is 2.53 bits per heavy atom. The molecular formula is C10H19N5OS. The number of nitrogens with two attached hydrogens (primary N) is 2. The van der Waals surface area contributed by atoms with Crippen molar-refractivity contribution in [1.82, 2.24) is 14.8 Å². The van der Waals surface area contributed by atoms with Gasteiger partial charge in [0.15, 0.2) is 5.16 Å². The number of carbonyl (C=O) groups is 1. The van der Waals surface area contributed by atoms with Crippen LogP contribution in [0.5, 0.6) is 0 Å². The van der Waals surface area contributed by atoms with Crippen LogP contribution in [0.4, 0.5) is 0 Å². The zero-order chi connectivity index (χ0) is 13.0. The number of hydrogen-bond acceptors (Lipinski definition) is 5. The number of nitrogens with zero attached hydrogens (tertiary/aromatic N) is 3. The van der Waals surface area contributed by atoms with Crippen LogP contribution >= 0.6 is 11.8 Å². The summed E-state index contributed by atoms with van der Waals surface area (Å²) in [5, 5.41) is 8.51. The van der Waals surface area contributed by atoms with E-state index in [9.17, 15) is 4.79 Å². The monoisotopic (exact) mass is 257 g/mol. The summed E-state index contributed by atoms with van der Waals surface area (Å²) in [6.07, 6.45) is 0.670. The van der Waals surface area contributed by atoms with Gasteiger partial charge in [-0.3, -0.25) is 4.79 Å². The molecule has 96 valence electrons. The Kier molecular flexibility index (Phi) is 4.95. The molecule has 0 spiro atoms. The van der Waals surface area contributed by atoms with Crippen molar-refractivity contribution in [2.75, 3.05) is 0 Å². The third-order valence-electron chi connectivity index (χ3n) is 2.37. The van der Waals surface area contributed by atoms with E-state index in [0.717, 1.165) is 5.82 Å². The van der Waals surface area contributed by atoms with Crippen LogP contribution in [-0.4, -0.2) is 25.9 Å². The third kappa shape index (κ3) is 3.19. The fourth-order valence-electron chi connectivity index (χ4n) is 1.52. The van der Waals surface area contributed by atoms with Gasteiger partial charge in [0.25, 0.3) is 0 Å². The molecule has 1 rings (SSSR count). The molecule has 0 saturated carbocycles. The molecule has 1 amide bonds. The largest absolute Gasteiger partial charge is 0.369 e. The average Bonchev–Trinajstić information content (AvgIpc) is 2.68. The smallest absolute Gasteiger partial charge is 0.231 e. The molecule has 0 saturated heterocycles. The normalized spacial score (nSPS) is 13.0. The van der Waals surface area contributed by atoms with E-state index >= 15 is 0 Å². The highest BCUT2D eigenvalue weighted by Crippen LogP contribution is 2.26. The molecule has 0 bridgehead atoms. The lowest BCUT2D eigenvalue weighted by Gasteiger charge is -2.15. The number of amides is 1. The van der Waals surface area contributed by atoms with Gasteiger partial charge < -0.3 is 16.0 Å². The lowest BCUT2D eigenvalue weighted by Crippen LogP contribution is -2.25. The Labute approximate surface area is 105 Å². The first-order chi connectivity index (χ1) is 8.01. The minimum Gasteiger partial charge on any atom is -0.369 e. The topological polar surface area (TPSA) is 99.8 Å². The first-order valence-corrected chi connectivity index (χ1v) is 6.49. The van der Waals surface area contributed by atoms with Crippen molar-refractivity contribution < 1.29 is 4.79 Å². The molecule has 17 heavy (non-hydrogen) atoms. The summed E-state index contributed by atoms with van der Waals surface area (Å²) in [5.41, 5.74) is 10.9. The van der Waals surface area contributed by atoms with E-state index in [1.165, 1.54) is 11.8 Å². The molecule has 0 aliphatic heterocycles. The fourth-order valence-corrected chi connectivity index (χ4v) is 2.57. The minimum absolute atomic E-state index is 0.205. The maximum atomic E-state index is 11.2. The van der Waals surface area contributed by atoms with Crippen molar-refractivity contribution in [1.29, 1.82) is 0 Å². The molecule has 0 aliphatic rings. The van der Waals surface area contributed by atoms with Crippen molar-refractivity contribution in [3.8, 4) is 0 Å². The van der Waals surface area contributed by atoms with E-state index in [1.54, 1.807) is 0 Å². The van der Waals surface area contributed by atoms with Gasteiger partial charge in [0.2, 0.25) is 5.91 Å². The molecule has 4 N–H and O–H groups in total. The van der Waals surface area contributed by atoms with Gasteiger partial charge in [-0.15, -0.1) is 10.2 Å². The van der Waals surface area contributed by atoms with E-state index in [1.807, 2.05) is 25.3 Å². The van der Waals surface area contributed by atoms with Gasteiger partial charge >= 0.3 is 0 Å². The zero-order valence-corrected chi connectivity index (χ0v) is 11.2. The van der Waals surface area contributed by atoms with Crippen molar-refractivity contribution >= 4 is 17.7 Å². The summed E-state index contributed by atoms with van der Waals surface area (Å²) in [7, 11) is 0. The van der Waals surface area contributed by atoms with Crippen LogP contribution in [0.3, 0.4) is 0 Å². The second-order valence-electron chi connectivity index (χ2n) is 3.98. The molecule has 1 unspecified atom stereocenters. The standard InChI is InChI=1S/C10H19N5OS/c1-4-7(9(12)16)17-10-14-13-8(5-11)15(10)6(2)3/h6-7H,4-5,11H2,1-3H3,(H2,12,16). The van der Waals surface area contributed by atoms with Crippen LogP contribution in [0, 0.1) is 0 Å². The number of hydrogen-bond donors (Lipinski definition) is 2. The molecule has 0 fully saturated rings. The fraction of sp³-hybridized carbons (Fsp3) is 0.700. The van der Waals surface area contributed by atoms with Gasteiger partial charge in [-0.1, -0.05) is 18.7 Å². The predicted molar refractivity (Wildman–Crippen MR) is 67.4 cm³/mol. The maximum absolute atomic E-state index is 11.2.